The molecule has 0 saturated heterocycles. The molecule has 1 fully saturated rings. The number of nitrogens with one attached hydrogen (secondary N) is 1. The monoisotopic (exact) mass is 301 g/mol. The maximum Gasteiger partial charge on any atom is 0.261 e. The first kappa shape index (κ1) is 14.7. The molecule has 116 valence electrons. The second-order valence-electron chi connectivity index (χ2n) is 5.86. The molecule has 1 aromatic rings. The van der Waals surface area contributed by atoms with Crippen LogP contribution in [0, 0.1) is 5.92 Å². The molecule has 1 aliphatic carbocycles. The van der Waals surface area contributed by atoms with Crippen molar-refractivity contribution in [1.82, 2.24) is 10.2 Å². The quantitative estimate of drug-likeness (QED) is 0.749. The molecule has 1 atom stereocenters. The molecule has 6 heteroatoms. The Kier molecular flexibility index (Phi) is 3.94. The van der Waals surface area contributed by atoms with E-state index in [0.29, 0.717) is 23.6 Å². The molecule has 1 heterocycles. The fourth-order valence-corrected chi connectivity index (χ4v) is 2.67. The van der Waals surface area contributed by atoms with E-state index >= 15 is 0 Å². The highest BCUT2D eigenvalue weighted by molar-refractivity contribution is 6.21. The molecule has 22 heavy (non-hydrogen) atoms. The van der Waals surface area contributed by atoms with Gasteiger partial charge in [-0.05, 0) is 30.9 Å². The van der Waals surface area contributed by atoms with E-state index in [4.69, 9.17) is 5.73 Å². The number of imide groups is 1. The lowest BCUT2D eigenvalue weighted by Gasteiger charge is -2.15. The molecule has 2 aliphatic rings. The smallest absolute Gasteiger partial charge is 0.261 e. The highest BCUT2D eigenvalue weighted by Gasteiger charge is 2.35. The predicted octanol–water partition coefficient (Wildman–Crippen LogP) is 0.526. The number of carbonyl (C=O) groups is 3. The molecule has 3 rings (SSSR count). The zero-order chi connectivity index (χ0) is 15.7. The Morgan fingerprint density at radius 3 is 2.36 bits per heavy atom. The molecule has 1 aliphatic heterocycles. The van der Waals surface area contributed by atoms with Crippen LogP contribution in [0.4, 0.5) is 0 Å². The number of amides is 3. The van der Waals surface area contributed by atoms with Gasteiger partial charge in [0.2, 0.25) is 5.91 Å². The van der Waals surface area contributed by atoms with Gasteiger partial charge in [0.1, 0.15) is 0 Å². The van der Waals surface area contributed by atoms with Gasteiger partial charge < -0.3 is 11.1 Å². The van der Waals surface area contributed by atoms with Gasteiger partial charge in [-0.25, -0.2) is 0 Å². The number of nitrogens with two attached hydrogens (primary N) is 1. The van der Waals surface area contributed by atoms with E-state index in [1.165, 1.54) is 0 Å². The molecule has 0 spiro atoms. The van der Waals surface area contributed by atoms with Crippen molar-refractivity contribution in [3.63, 3.8) is 0 Å². The zero-order valence-corrected chi connectivity index (χ0v) is 12.2. The lowest BCUT2D eigenvalue weighted by atomic mass is 10.1. The van der Waals surface area contributed by atoms with Crippen molar-refractivity contribution in [1.29, 1.82) is 0 Å². The maximum atomic E-state index is 12.1. The Bertz CT molecular complexity index is 590. The van der Waals surface area contributed by atoms with Crippen molar-refractivity contribution in [2.75, 3.05) is 13.1 Å². The summed E-state index contributed by atoms with van der Waals surface area (Å²) in [6.07, 6.45) is 2.36. The lowest BCUT2D eigenvalue weighted by molar-refractivity contribution is -0.121. The Balaban J connectivity index is 1.50. The first-order valence-electron chi connectivity index (χ1n) is 7.55. The summed E-state index contributed by atoms with van der Waals surface area (Å²) in [7, 11) is 0. The first-order chi connectivity index (χ1) is 10.6. The third-order valence-corrected chi connectivity index (χ3v) is 4.20. The van der Waals surface area contributed by atoms with E-state index in [1.54, 1.807) is 24.3 Å². The molecule has 0 radical (unpaired) electrons. The third kappa shape index (κ3) is 2.87. The average molecular weight is 301 g/mol. The Morgan fingerprint density at radius 2 is 1.82 bits per heavy atom. The number of fused-ring (bicyclic) bond motifs is 1. The van der Waals surface area contributed by atoms with Crippen LogP contribution < -0.4 is 11.1 Å². The fraction of sp³-hybridized carbons (Fsp3) is 0.438. The molecule has 3 amide bonds. The van der Waals surface area contributed by atoms with Crippen molar-refractivity contribution in [3.05, 3.63) is 35.4 Å². The van der Waals surface area contributed by atoms with Crippen LogP contribution in [0.2, 0.25) is 0 Å². The van der Waals surface area contributed by atoms with Crippen molar-refractivity contribution < 1.29 is 14.4 Å². The van der Waals surface area contributed by atoms with Gasteiger partial charge in [-0.2, -0.15) is 0 Å². The summed E-state index contributed by atoms with van der Waals surface area (Å²) in [5.74, 6) is -0.324. The Morgan fingerprint density at radius 1 is 1.23 bits per heavy atom. The van der Waals surface area contributed by atoms with Crippen LogP contribution in [0.1, 0.15) is 40.0 Å². The van der Waals surface area contributed by atoms with Gasteiger partial charge in [-0.15, -0.1) is 0 Å². The maximum absolute atomic E-state index is 12.1. The minimum absolute atomic E-state index is 0.00301. The van der Waals surface area contributed by atoms with E-state index in [0.717, 1.165) is 17.7 Å². The van der Waals surface area contributed by atoms with E-state index in [1.807, 2.05) is 0 Å². The second-order valence-corrected chi connectivity index (χ2v) is 5.86. The lowest BCUT2D eigenvalue weighted by Crippen LogP contribution is -2.40. The van der Waals surface area contributed by atoms with Crippen LogP contribution in [0.25, 0.3) is 0 Å². The highest BCUT2D eigenvalue weighted by atomic mass is 16.2. The summed E-state index contributed by atoms with van der Waals surface area (Å²) < 4.78 is 0. The van der Waals surface area contributed by atoms with Crippen molar-refractivity contribution in [3.8, 4) is 0 Å². The van der Waals surface area contributed by atoms with E-state index in [-0.39, 0.29) is 36.7 Å². The van der Waals surface area contributed by atoms with Crippen LogP contribution in [0.3, 0.4) is 0 Å². The van der Waals surface area contributed by atoms with Crippen LogP contribution >= 0.6 is 0 Å². The molecule has 1 aromatic carbocycles. The molecule has 3 N–H and O–H groups in total. The number of carbonyl (C=O) groups excluding carboxylic acids is 3. The van der Waals surface area contributed by atoms with Crippen LogP contribution in [-0.2, 0) is 4.79 Å². The Labute approximate surface area is 128 Å². The Hall–Kier alpha value is -2.21. The van der Waals surface area contributed by atoms with Crippen molar-refractivity contribution in [2.24, 2.45) is 11.7 Å². The largest absolute Gasteiger partial charge is 0.354 e. The van der Waals surface area contributed by atoms with Crippen LogP contribution in [0.15, 0.2) is 24.3 Å². The van der Waals surface area contributed by atoms with Gasteiger partial charge in [0, 0.05) is 25.6 Å². The molecule has 6 nitrogen and oxygen atoms in total. The number of benzene rings is 1. The molecule has 0 bridgehead atoms. The molecular weight excluding hydrogens is 282 g/mol. The van der Waals surface area contributed by atoms with E-state index in [2.05, 4.69) is 5.32 Å². The van der Waals surface area contributed by atoms with Gasteiger partial charge in [0.25, 0.3) is 11.8 Å². The molecular formula is C16H19N3O3. The molecule has 1 unspecified atom stereocenters. The SMILES string of the molecule is NC(CNC(=O)CCN1C(=O)c2ccccc2C1=O)C1CC1. The highest BCUT2D eigenvalue weighted by Crippen LogP contribution is 2.31. The summed E-state index contributed by atoms with van der Waals surface area (Å²) in [5, 5.41) is 2.77. The van der Waals surface area contributed by atoms with Crippen molar-refractivity contribution >= 4 is 17.7 Å². The molecule has 1 saturated carbocycles. The number of nitrogens with zero attached hydrogens (tertiary/aromatic N) is 1. The molecule has 0 aromatic heterocycles. The fourth-order valence-electron chi connectivity index (χ4n) is 2.67. The third-order valence-electron chi connectivity index (χ3n) is 4.20. The minimum Gasteiger partial charge on any atom is -0.354 e. The van der Waals surface area contributed by atoms with Gasteiger partial charge >= 0.3 is 0 Å². The standard InChI is InChI=1S/C16H19N3O3/c17-13(10-5-6-10)9-18-14(20)7-8-19-15(21)11-3-1-2-4-12(11)16(19)22/h1-4,10,13H,5-9,17H2,(H,18,20). The van der Waals surface area contributed by atoms with E-state index < -0.39 is 0 Å². The summed E-state index contributed by atoms with van der Waals surface area (Å²) in [6.45, 7) is 0.544. The predicted molar refractivity (Wildman–Crippen MR) is 80.1 cm³/mol. The average Bonchev–Trinajstić information content (AvgIpc) is 3.34. The number of hydrogen-bond donors (Lipinski definition) is 2. The first-order valence-corrected chi connectivity index (χ1v) is 7.55. The van der Waals surface area contributed by atoms with Gasteiger partial charge in [0.15, 0.2) is 0 Å². The normalized spacial score (nSPS) is 18.3. The van der Waals surface area contributed by atoms with E-state index in [9.17, 15) is 14.4 Å². The summed E-state index contributed by atoms with van der Waals surface area (Å²) in [4.78, 5) is 37.2. The number of hydrogen-bond acceptors (Lipinski definition) is 4. The van der Waals surface area contributed by atoms with Crippen LogP contribution in [0.5, 0.6) is 0 Å². The summed E-state index contributed by atoms with van der Waals surface area (Å²) >= 11 is 0. The van der Waals surface area contributed by atoms with Gasteiger partial charge in [-0.3, -0.25) is 19.3 Å². The zero-order valence-electron chi connectivity index (χ0n) is 12.2. The second kappa shape index (κ2) is 5.88. The van der Waals surface area contributed by atoms with Gasteiger partial charge in [-0.1, -0.05) is 12.1 Å². The van der Waals surface area contributed by atoms with Crippen molar-refractivity contribution in [2.45, 2.75) is 25.3 Å². The minimum atomic E-state index is -0.330. The number of rotatable bonds is 6. The summed E-state index contributed by atoms with van der Waals surface area (Å²) in [6, 6.07) is 6.70. The van der Waals surface area contributed by atoms with Crippen LogP contribution in [-0.4, -0.2) is 41.8 Å². The van der Waals surface area contributed by atoms with Gasteiger partial charge in [0.05, 0.1) is 11.1 Å². The summed E-state index contributed by atoms with van der Waals surface area (Å²) in [5.41, 5.74) is 6.73. The topological polar surface area (TPSA) is 92.5 Å².